The van der Waals surface area contributed by atoms with E-state index in [-0.39, 0.29) is 0 Å². The second-order valence-electron chi connectivity index (χ2n) is 4.67. The van der Waals surface area contributed by atoms with Crippen molar-refractivity contribution in [3.8, 4) is 5.75 Å². The third kappa shape index (κ3) is 2.69. The highest BCUT2D eigenvalue weighted by Gasteiger charge is 2.09. The highest BCUT2D eigenvalue weighted by Crippen LogP contribution is 2.21. The van der Waals surface area contributed by atoms with Gasteiger partial charge in [-0.15, -0.1) is 0 Å². The highest BCUT2D eigenvalue weighted by molar-refractivity contribution is 5.91. The molecule has 1 heterocycles. The Kier molecular flexibility index (Phi) is 3.28. The monoisotopic (exact) mass is 280 g/mol. The molecular formula is C17H12O4. The Balaban J connectivity index is 1.93. The number of rotatable bonds is 2. The van der Waals surface area contributed by atoms with Crippen LogP contribution in [0.25, 0.3) is 11.0 Å². The topological polar surface area (TPSA) is 56.5 Å². The first-order chi connectivity index (χ1) is 10.1. The fourth-order valence-electron chi connectivity index (χ4n) is 2.00. The van der Waals surface area contributed by atoms with Crippen LogP contribution in [0.2, 0.25) is 0 Å². The van der Waals surface area contributed by atoms with Crippen LogP contribution >= 0.6 is 0 Å². The first-order valence-corrected chi connectivity index (χ1v) is 6.45. The molecule has 0 spiro atoms. The predicted octanol–water partition coefficient (Wildman–Crippen LogP) is 3.32. The molecule has 0 aliphatic heterocycles. The molecule has 3 aromatic rings. The quantitative estimate of drug-likeness (QED) is 0.410. The average molecular weight is 280 g/mol. The molecule has 1 aromatic heterocycles. The van der Waals surface area contributed by atoms with Crippen molar-refractivity contribution in [2.45, 2.75) is 6.92 Å². The van der Waals surface area contributed by atoms with Crippen molar-refractivity contribution >= 4 is 16.9 Å². The molecule has 0 fully saturated rings. The standard InChI is InChI=1S/C17H12O4/c1-11-9-13-7-8-14(10-15(13)21-16(11)18)20-17(19)12-5-3-2-4-6-12/h2-10H,1H3. The SMILES string of the molecule is Cc1cc2ccc(OC(=O)c3ccccc3)cc2oc1=O. The van der Waals surface area contributed by atoms with Crippen molar-refractivity contribution < 1.29 is 13.9 Å². The summed E-state index contributed by atoms with van der Waals surface area (Å²) in [6.07, 6.45) is 0. The van der Waals surface area contributed by atoms with E-state index in [9.17, 15) is 9.59 Å². The van der Waals surface area contributed by atoms with Crippen LogP contribution in [-0.4, -0.2) is 5.97 Å². The molecule has 0 radical (unpaired) electrons. The van der Waals surface area contributed by atoms with Gasteiger partial charge < -0.3 is 9.15 Å². The number of benzene rings is 2. The lowest BCUT2D eigenvalue weighted by molar-refractivity contribution is 0.0735. The largest absolute Gasteiger partial charge is 0.423 e. The molecule has 0 aliphatic carbocycles. The minimum Gasteiger partial charge on any atom is -0.423 e. The van der Waals surface area contributed by atoms with Gasteiger partial charge in [0.15, 0.2) is 0 Å². The molecule has 21 heavy (non-hydrogen) atoms. The van der Waals surface area contributed by atoms with E-state index in [0.29, 0.717) is 22.5 Å². The summed E-state index contributed by atoms with van der Waals surface area (Å²) in [5, 5.41) is 0.784. The molecule has 104 valence electrons. The molecule has 0 N–H and O–H groups in total. The van der Waals surface area contributed by atoms with E-state index in [0.717, 1.165) is 5.39 Å². The van der Waals surface area contributed by atoms with Crippen LogP contribution in [0.3, 0.4) is 0 Å². The first kappa shape index (κ1) is 13.1. The van der Waals surface area contributed by atoms with Gasteiger partial charge in [-0.1, -0.05) is 18.2 Å². The normalized spacial score (nSPS) is 10.5. The first-order valence-electron chi connectivity index (χ1n) is 6.45. The summed E-state index contributed by atoms with van der Waals surface area (Å²) < 4.78 is 10.5. The van der Waals surface area contributed by atoms with E-state index in [2.05, 4.69) is 0 Å². The molecule has 0 aliphatic rings. The Hall–Kier alpha value is -2.88. The third-order valence-corrected chi connectivity index (χ3v) is 3.10. The van der Waals surface area contributed by atoms with E-state index in [4.69, 9.17) is 9.15 Å². The summed E-state index contributed by atoms with van der Waals surface area (Å²) >= 11 is 0. The van der Waals surface area contributed by atoms with Crippen LogP contribution in [0.15, 0.2) is 63.8 Å². The molecule has 4 nitrogen and oxygen atoms in total. The van der Waals surface area contributed by atoms with Crippen molar-refractivity contribution in [2.24, 2.45) is 0 Å². The molecule has 0 saturated carbocycles. The third-order valence-electron chi connectivity index (χ3n) is 3.10. The van der Waals surface area contributed by atoms with Gasteiger partial charge in [-0.3, -0.25) is 0 Å². The van der Waals surface area contributed by atoms with E-state index in [1.165, 1.54) is 6.07 Å². The van der Waals surface area contributed by atoms with Crippen LogP contribution in [0, 0.1) is 6.92 Å². The second-order valence-corrected chi connectivity index (χ2v) is 4.67. The molecule has 0 bridgehead atoms. The summed E-state index contributed by atoms with van der Waals surface area (Å²) in [4.78, 5) is 23.5. The maximum atomic E-state index is 12.0. The number of hydrogen-bond donors (Lipinski definition) is 0. The highest BCUT2D eigenvalue weighted by atomic mass is 16.5. The van der Waals surface area contributed by atoms with E-state index in [1.807, 2.05) is 6.07 Å². The van der Waals surface area contributed by atoms with E-state index < -0.39 is 11.6 Å². The van der Waals surface area contributed by atoms with Crippen LogP contribution in [0.5, 0.6) is 5.75 Å². The lowest BCUT2D eigenvalue weighted by Crippen LogP contribution is -2.08. The van der Waals surface area contributed by atoms with Crippen molar-refractivity contribution in [1.29, 1.82) is 0 Å². The van der Waals surface area contributed by atoms with Gasteiger partial charge in [0.05, 0.1) is 5.56 Å². The number of fused-ring (bicyclic) bond motifs is 1. The summed E-state index contributed by atoms with van der Waals surface area (Å²) in [6, 6.07) is 15.4. The van der Waals surface area contributed by atoms with Gasteiger partial charge in [0, 0.05) is 17.0 Å². The van der Waals surface area contributed by atoms with Crippen LogP contribution in [0.1, 0.15) is 15.9 Å². The summed E-state index contributed by atoms with van der Waals surface area (Å²) in [5.41, 5.74) is 0.998. The number of aryl methyl sites for hydroxylation is 1. The Labute approximate surface area is 120 Å². The smallest absolute Gasteiger partial charge is 0.343 e. The van der Waals surface area contributed by atoms with E-state index >= 15 is 0 Å². The number of esters is 1. The van der Waals surface area contributed by atoms with Crippen molar-refractivity contribution in [1.82, 2.24) is 0 Å². The fourth-order valence-corrected chi connectivity index (χ4v) is 2.00. The maximum Gasteiger partial charge on any atom is 0.343 e. The zero-order valence-corrected chi connectivity index (χ0v) is 11.3. The maximum absolute atomic E-state index is 12.0. The fraction of sp³-hybridized carbons (Fsp3) is 0.0588. The summed E-state index contributed by atoms with van der Waals surface area (Å²) in [7, 11) is 0. The zero-order chi connectivity index (χ0) is 14.8. The van der Waals surface area contributed by atoms with Gasteiger partial charge in [-0.25, -0.2) is 9.59 Å². The Bertz CT molecular complexity index is 863. The minimum atomic E-state index is -0.454. The number of hydrogen-bond acceptors (Lipinski definition) is 4. The number of ether oxygens (including phenoxy) is 1. The number of carbonyl (C=O) groups excluding carboxylic acids is 1. The Morgan fingerprint density at radius 1 is 1.05 bits per heavy atom. The molecule has 0 saturated heterocycles. The predicted molar refractivity (Wildman–Crippen MR) is 78.6 cm³/mol. The minimum absolute atomic E-state index is 0.336. The molecule has 4 heteroatoms. The van der Waals surface area contributed by atoms with Gasteiger partial charge >= 0.3 is 11.6 Å². The van der Waals surface area contributed by atoms with Crippen LogP contribution in [-0.2, 0) is 0 Å². The van der Waals surface area contributed by atoms with Gasteiger partial charge in [0.1, 0.15) is 11.3 Å². The lowest BCUT2D eigenvalue weighted by Gasteiger charge is -2.05. The average Bonchev–Trinajstić information content (AvgIpc) is 2.49. The van der Waals surface area contributed by atoms with Crippen molar-refractivity contribution in [2.75, 3.05) is 0 Å². The van der Waals surface area contributed by atoms with Gasteiger partial charge in [0.2, 0.25) is 0 Å². The van der Waals surface area contributed by atoms with Gasteiger partial charge in [-0.05, 0) is 37.3 Å². The van der Waals surface area contributed by atoms with Crippen molar-refractivity contribution in [3.63, 3.8) is 0 Å². The van der Waals surface area contributed by atoms with Gasteiger partial charge in [-0.2, -0.15) is 0 Å². The van der Waals surface area contributed by atoms with Crippen LogP contribution in [0.4, 0.5) is 0 Å². The zero-order valence-electron chi connectivity index (χ0n) is 11.3. The molecule has 0 amide bonds. The van der Waals surface area contributed by atoms with E-state index in [1.54, 1.807) is 49.4 Å². The van der Waals surface area contributed by atoms with Crippen LogP contribution < -0.4 is 10.4 Å². The molecule has 0 unspecified atom stereocenters. The summed E-state index contributed by atoms with van der Waals surface area (Å²) in [5.74, 6) is -0.118. The van der Waals surface area contributed by atoms with Gasteiger partial charge in [0.25, 0.3) is 0 Å². The number of carbonyl (C=O) groups is 1. The molecule has 3 rings (SSSR count). The summed E-state index contributed by atoms with van der Waals surface area (Å²) in [6.45, 7) is 1.69. The lowest BCUT2D eigenvalue weighted by atomic mass is 10.2. The second kappa shape index (κ2) is 5.25. The Morgan fingerprint density at radius 3 is 2.57 bits per heavy atom. The molecular weight excluding hydrogens is 268 g/mol. The van der Waals surface area contributed by atoms with Crippen molar-refractivity contribution in [3.05, 3.63) is 76.1 Å². The molecule has 2 aromatic carbocycles. The molecule has 0 atom stereocenters. The Morgan fingerprint density at radius 2 is 1.81 bits per heavy atom.